The number of hydrogen-bond donors (Lipinski definition) is 0. The maximum atomic E-state index is 6.26. The molecule has 2 heteroatoms. The van der Waals surface area contributed by atoms with E-state index in [1.807, 2.05) is 7.11 Å². The predicted octanol–water partition coefficient (Wildman–Crippen LogP) is 6.91. The highest BCUT2D eigenvalue weighted by molar-refractivity contribution is 7.89. The molecule has 3 aromatic carbocycles. The van der Waals surface area contributed by atoms with E-state index in [1.165, 1.54) is 33.2 Å². The third kappa shape index (κ3) is 3.41. The Bertz CT molecular complexity index is 901. The van der Waals surface area contributed by atoms with Gasteiger partial charge in [0.15, 0.2) is 0 Å². The first-order valence-electron chi connectivity index (χ1n) is 9.12. The Morgan fingerprint density at radius 1 is 0.556 bits per heavy atom. The quantitative estimate of drug-likeness (QED) is 0.453. The highest BCUT2D eigenvalue weighted by Crippen LogP contribution is 2.77. The molecule has 1 aliphatic rings. The lowest BCUT2D eigenvalue weighted by atomic mass is 9.95. The zero-order valence-corrected chi connectivity index (χ0v) is 16.6. The molecule has 0 aliphatic carbocycles. The number of rotatable bonds is 4. The van der Waals surface area contributed by atoms with Gasteiger partial charge in [0.25, 0.3) is 0 Å². The topological polar surface area (TPSA) is 9.23 Å². The third-order valence-corrected chi connectivity index (χ3v) is 8.46. The van der Waals surface area contributed by atoms with E-state index in [4.69, 9.17) is 4.52 Å². The minimum Gasteiger partial charge on any atom is -0.231 e. The van der Waals surface area contributed by atoms with Gasteiger partial charge in [-0.25, -0.2) is 4.52 Å². The summed E-state index contributed by atoms with van der Waals surface area (Å²) in [6.07, 6.45) is 4.63. The van der Waals surface area contributed by atoms with Crippen LogP contribution in [0, 0.1) is 5.92 Å². The van der Waals surface area contributed by atoms with Gasteiger partial charge in [0.1, 0.15) is 10.6 Å². The standard InChI is InChI=1S/C25H23OP/c1-26-27(2)24(21-14-8-4-9-15-21)18-23(20-12-6-3-7-13-20)19-25(27)22-16-10-5-11-17-22/h3-19H,1-2H3/q+1. The fourth-order valence-corrected chi connectivity index (χ4v) is 6.29. The maximum Gasteiger partial charge on any atom is 0.207 e. The minimum absolute atomic E-state index is 1.22. The average Bonchev–Trinajstić information content (AvgIpc) is 2.75. The molecule has 0 amide bonds. The first kappa shape index (κ1) is 17.9. The van der Waals surface area contributed by atoms with Crippen LogP contribution in [0.15, 0.2) is 103 Å². The van der Waals surface area contributed by atoms with E-state index in [9.17, 15) is 0 Å². The number of hydrogen-bond acceptors (Lipinski definition) is 1. The molecule has 27 heavy (non-hydrogen) atoms. The zero-order valence-electron chi connectivity index (χ0n) is 15.7. The van der Waals surface area contributed by atoms with Gasteiger partial charge in [-0.1, -0.05) is 91.0 Å². The first-order chi connectivity index (χ1) is 13.2. The van der Waals surface area contributed by atoms with Gasteiger partial charge in [0.05, 0.1) is 19.7 Å². The first-order valence-corrected chi connectivity index (χ1v) is 11.3. The Balaban J connectivity index is 1.92. The highest BCUT2D eigenvalue weighted by Gasteiger charge is 2.47. The van der Waals surface area contributed by atoms with E-state index in [-0.39, 0.29) is 0 Å². The summed E-state index contributed by atoms with van der Waals surface area (Å²) in [6.45, 7) is 2.27. The fourth-order valence-electron chi connectivity index (χ4n) is 3.58. The molecule has 1 heterocycles. The second-order valence-corrected chi connectivity index (χ2v) is 9.90. The van der Waals surface area contributed by atoms with Crippen molar-refractivity contribution >= 4 is 18.1 Å². The molecule has 0 saturated heterocycles. The molecule has 0 fully saturated rings. The summed E-state index contributed by atoms with van der Waals surface area (Å²) in [7, 11) is -0.123. The second kappa shape index (κ2) is 7.64. The van der Waals surface area contributed by atoms with Crippen LogP contribution >= 0.6 is 7.49 Å². The van der Waals surface area contributed by atoms with Crippen LogP contribution in [0.5, 0.6) is 0 Å². The van der Waals surface area contributed by atoms with Crippen molar-refractivity contribution in [2.75, 3.05) is 13.8 Å². The molecule has 0 spiro atoms. The van der Waals surface area contributed by atoms with Gasteiger partial charge in [0, 0.05) is 11.1 Å². The third-order valence-electron chi connectivity index (χ3n) is 5.12. The Labute approximate surface area is 162 Å². The van der Waals surface area contributed by atoms with Crippen molar-refractivity contribution in [3.63, 3.8) is 0 Å². The van der Waals surface area contributed by atoms with Crippen LogP contribution in [0.3, 0.4) is 0 Å². The molecular formula is C25H23OP+. The normalized spacial score (nSPS) is 16.5. The Kier molecular flexibility index (Phi) is 5.07. The molecule has 0 atom stereocenters. The lowest BCUT2D eigenvalue weighted by Gasteiger charge is -2.30. The molecule has 3 aromatic rings. The Morgan fingerprint density at radius 2 is 0.926 bits per heavy atom. The minimum atomic E-state index is -1.96. The van der Waals surface area contributed by atoms with Gasteiger partial charge in [-0.2, -0.15) is 0 Å². The van der Waals surface area contributed by atoms with Gasteiger partial charge in [-0.3, -0.25) is 0 Å². The monoisotopic (exact) mass is 370 g/mol. The fraction of sp³-hybridized carbons (Fsp3) is 0.0800. The van der Waals surface area contributed by atoms with E-state index in [0.717, 1.165) is 0 Å². The largest absolute Gasteiger partial charge is 0.231 e. The van der Waals surface area contributed by atoms with Crippen molar-refractivity contribution in [3.05, 3.63) is 126 Å². The lowest BCUT2D eigenvalue weighted by molar-refractivity contribution is 0.463. The molecule has 0 bridgehead atoms. The molecule has 0 saturated carbocycles. The second-order valence-electron chi connectivity index (χ2n) is 6.72. The van der Waals surface area contributed by atoms with Crippen LogP contribution in [0.25, 0.3) is 10.6 Å². The summed E-state index contributed by atoms with van der Waals surface area (Å²) in [5.74, 6) is 1.22. The van der Waals surface area contributed by atoms with E-state index < -0.39 is 7.49 Å². The van der Waals surface area contributed by atoms with Crippen LogP contribution < -0.4 is 0 Å². The summed E-state index contributed by atoms with van der Waals surface area (Å²) in [4.78, 5) is 0. The molecule has 133 valence electrons. The van der Waals surface area contributed by atoms with Crippen molar-refractivity contribution < 1.29 is 4.52 Å². The highest BCUT2D eigenvalue weighted by atomic mass is 31.2. The lowest BCUT2D eigenvalue weighted by Crippen LogP contribution is -2.09. The van der Waals surface area contributed by atoms with Crippen LogP contribution in [0.2, 0.25) is 0 Å². The van der Waals surface area contributed by atoms with Gasteiger partial charge < -0.3 is 0 Å². The molecule has 0 unspecified atom stereocenters. The molecule has 0 N–H and O–H groups in total. The van der Waals surface area contributed by atoms with Crippen molar-refractivity contribution in [1.82, 2.24) is 0 Å². The van der Waals surface area contributed by atoms with Gasteiger partial charge in [-0.05, 0) is 17.7 Å². The van der Waals surface area contributed by atoms with E-state index >= 15 is 0 Å². The predicted molar refractivity (Wildman–Crippen MR) is 117 cm³/mol. The summed E-state index contributed by atoms with van der Waals surface area (Å²) < 4.78 is 6.26. The van der Waals surface area contributed by atoms with Crippen molar-refractivity contribution in [2.45, 2.75) is 0 Å². The van der Waals surface area contributed by atoms with E-state index in [2.05, 4.69) is 110 Å². The molecular weight excluding hydrogens is 347 g/mol. The van der Waals surface area contributed by atoms with Gasteiger partial charge >= 0.3 is 0 Å². The number of allylic oxidation sites excluding steroid dienone is 2. The number of benzene rings is 3. The van der Waals surface area contributed by atoms with Crippen LogP contribution in [0.4, 0.5) is 0 Å². The SMILES string of the molecule is CO[P+]1(C)C(c2ccccc2)=C[C](c2ccccc2)C=C1c1ccccc1. The summed E-state index contributed by atoms with van der Waals surface area (Å²) in [6, 6.07) is 31.8. The molecule has 1 aliphatic heterocycles. The smallest absolute Gasteiger partial charge is 0.207 e. The molecule has 1 nitrogen and oxygen atoms in total. The van der Waals surface area contributed by atoms with Crippen LogP contribution in [0.1, 0.15) is 16.7 Å². The molecule has 0 aromatic heterocycles. The molecule has 1 radical (unpaired) electrons. The van der Waals surface area contributed by atoms with Crippen LogP contribution in [-0.4, -0.2) is 13.8 Å². The molecule has 4 rings (SSSR count). The maximum absolute atomic E-state index is 6.26. The van der Waals surface area contributed by atoms with Crippen molar-refractivity contribution in [2.24, 2.45) is 0 Å². The van der Waals surface area contributed by atoms with Crippen LogP contribution in [-0.2, 0) is 4.52 Å². The Hall–Kier alpha value is -2.47. The van der Waals surface area contributed by atoms with Crippen molar-refractivity contribution in [3.8, 4) is 0 Å². The summed E-state index contributed by atoms with van der Waals surface area (Å²) in [5.41, 5.74) is 3.68. The van der Waals surface area contributed by atoms with E-state index in [0.29, 0.717) is 0 Å². The summed E-state index contributed by atoms with van der Waals surface area (Å²) in [5, 5.41) is 2.57. The van der Waals surface area contributed by atoms with Crippen molar-refractivity contribution in [1.29, 1.82) is 0 Å². The Morgan fingerprint density at radius 3 is 1.30 bits per heavy atom. The van der Waals surface area contributed by atoms with Gasteiger partial charge in [-0.15, -0.1) is 0 Å². The van der Waals surface area contributed by atoms with Gasteiger partial charge in [0.2, 0.25) is 7.49 Å². The average molecular weight is 370 g/mol. The van der Waals surface area contributed by atoms with E-state index in [1.54, 1.807) is 0 Å². The summed E-state index contributed by atoms with van der Waals surface area (Å²) >= 11 is 0. The zero-order chi connectivity index (χ0) is 18.7.